The molecule has 0 aliphatic carbocycles. The fourth-order valence-corrected chi connectivity index (χ4v) is 3.10. The number of hydrogen-bond acceptors (Lipinski definition) is 5. The molecule has 2 N–H and O–H groups in total. The van der Waals surface area contributed by atoms with Crippen LogP contribution in [0.2, 0.25) is 0 Å². The second-order valence-electron chi connectivity index (χ2n) is 6.03. The van der Waals surface area contributed by atoms with E-state index in [1.54, 1.807) is 18.3 Å². The number of ether oxygens (including phenoxy) is 2. The van der Waals surface area contributed by atoms with E-state index < -0.39 is 5.82 Å². The van der Waals surface area contributed by atoms with Crippen LogP contribution in [0.3, 0.4) is 0 Å². The third kappa shape index (κ3) is 2.99. The van der Waals surface area contributed by atoms with Crippen LogP contribution in [0, 0.1) is 5.82 Å². The van der Waals surface area contributed by atoms with Crippen LogP contribution in [0.25, 0.3) is 22.8 Å². The Bertz CT molecular complexity index is 1030. The van der Waals surface area contributed by atoms with Crippen molar-refractivity contribution in [1.82, 2.24) is 20.3 Å². The lowest BCUT2D eigenvalue weighted by Crippen LogP contribution is -2.31. The minimum absolute atomic E-state index is 0.112. The summed E-state index contributed by atoms with van der Waals surface area (Å²) in [6.45, 7) is 0.595. The van der Waals surface area contributed by atoms with E-state index in [1.165, 1.54) is 26.4 Å². The Kier molecular flexibility index (Phi) is 4.23. The highest BCUT2D eigenvalue weighted by Crippen LogP contribution is 2.34. The molecule has 1 aromatic carbocycles. The largest absolute Gasteiger partial charge is 0.493 e. The van der Waals surface area contributed by atoms with E-state index in [0.29, 0.717) is 29.2 Å². The maximum atomic E-state index is 14.5. The van der Waals surface area contributed by atoms with Crippen molar-refractivity contribution in [2.24, 2.45) is 0 Å². The van der Waals surface area contributed by atoms with E-state index in [2.05, 4.69) is 20.3 Å². The standard InChI is InChI=1S/C19H17FN4O3/c1-26-16-8-10(12(20)9-17(16)27-2)18-21-5-4-14(24-18)15-7-11-13(23-15)3-6-22-19(11)25/h4-5,7-9,23H,3,6H2,1-2H3,(H,22,25). The Labute approximate surface area is 154 Å². The van der Waals surface area contributed by atoms with E-state index in [0.717, 1.165) is 12.1 Å². The summed E-state index contributed by atoms with van der Waals surface area (Å²) in [6.07, 6.45) is 2.27. The lowest BCUT2D eigenvalue weighted by Gasteiger charge is -2.11. The van der Waals surface area contributed by atoms with Gasteiger partial charge in [0, 0.05) is 30.9 Å². The number of halogens is 1. The van der Waals surface area contributed by atoms with Gasteiger partial charge in [0.05, 0.1) is 36.7 Å². The molecule has 0 fully saturated rings. The zero-order valence-electron chi connectivity index (χ0n) is 14.8. The van der Waals surface area contributed by atoms with Gasteiger partial charge in [-0.15, -0.1) is 0 Å². The van der Waals surface area contributed by atoms with Crippen LogP contribution in [0.1, 0.15) is 16.1 Å². The van der Waals surface area contributed by atoms with Gasteiger partial charge < -0.3 is 19.8 Å². The maximum absolute atomic E-state index is 14.5. The van der Waals surface area contributed by atoms with Crippen LogP contribution in [-0.2, 0) is 6.42 Å². The second kappa shape index (κ2) is 6.71. The molecule has 0 unspecified atom stereocenters. The van der Waals surface area contributed by atoms with Crippen molar-refractivity contribution in [3.05, 3.63) is 47.5 Å². The molecule has 0 spiro atoms. The van der Waals surface area contributed by atoms with Crippen LogP contribution in [0.4, 0.5) is 4.39 Å². The van der Waals surface area contributed by atoms with E-state index in [4.69, 9.17) is 9.47 Å². The van der Waals surface area contributed by atoms with Gasteiger partial charge in [-0.2, -0.15) is 0 Å². The summed E-state index contributed by atoms with van der Waals surface area (Å²) in [5.41, 5.74) is 2.92. The van der Waals surface area contributed by atoms with E-state index >= 15 is 0 Å². The monoisotopic (exact) mass is 368 g/mol. The molecule has 4 rings (SSSR count). The fourth-order valence-electron chi connectivity index (χ4n) is 3.10. The quantitative estimate of drug-likeness (QED) is 0.739. The fraction of sp³-hybridized carbons (Fsp3) is 0.211. The van der Waals surface area contributed by atoms with Gasteiger partial charge in [-0.1, -0.05) is 0 Å². The van der Waals surface area contributed by atoms with Crippen molar-refractivity contribution in [2.45, 2.75) is 6.42 Å². The van der Waals surface area contributed by atoms with Gasteiger partial charge in [0.15, 0.2) is 17.3 Å². The summed E-state index contributed by atoms with van der Waals surface area (Å²) < 4.78 is 24.9. The minimum atomic E-state index is -0.519. The predicted molar refractivity (Wildman–Crippen MR) is 96.4 cm³/mol. The van der Waals surface area contributed by atoms with Gasteiger partial charge in [-0.05, 0) is 18.2 Å². The average molecular weight is 368 g/mol. The minimum Gasteiger partial charge on any atom is -0.493 e. The summed E-state index contributed by atoms with van der Waals surface area (Å²) in [5, 5.41) is 2.80. The van der Waals surface area contributed by atoms with E-state index in [9.17, 15) is 9.18 Å². The molecule has 0 saturated heterocycles. The Hall–Kier alpha value is -3.42. The van der Waals surface area contributed by atoms with Gasteiger partial charge >= 0.3 is 0 Å². The number of aromatic nitrogens is 3. The van der Waals surface area contributed by atoms with Crippen LogP contribution >= 0.6 is 0 Å². The molecule has 0 saturated carbocycles. The summed E-state index contributed by atoms with van der Waals surface area (Å²) in [6, 6.07) is 6.20. The normalized spacial score (nSPS) is 13.1. The van der Waals surface area contributed by atoms with Gasteiger partial charge in [0.1, 0.15) is 5.82 Å². The molecule has 0 bridgehead atoms. The van der Waals surface area contributed by atoms with Crippen molar-refractivity contribution < 1.29 is 18.7 Å². The molecule has 1 aliphatic heterocycles. The lowest BCUT2D eigenvalue weighted by molar-refractivity contribution is 0.0946. The highest BCUT2D eigenvalue weighted by atomic mass is 19.1. The smallest absolute Gasteiger partial charge is 0.253 e. The lowest BCUT2D eigenvalue weighted by atomic mass is 10.1. The number of aromatic amines is 1. The van der Waals surface area contributed by atoms with Gasteiger partial charge in [-0.25, -0.2) is 14.4 Å². The summed E-state index contributed by atoms with van der Waals surface area (Å²) >= 11 is 0. The number of H-pyrrole nitrogens is 1. The molecular formula is C19H17FN4O3. The maximum Gasteiger partial charge on any atom is 0.253 e. The molecule has 1 amide bonds. The molecule has 0 radical (unpaired) electrons. The number of hydrogen-bond donors (Lipinski definition) is 2. The third-order valence-electron chi connectivity index (χ3n) is 4.45. The number of benzene rings is 1. The van der Waals surface area contributed by atoms with E-state index in [-0.39, 0.29) is 23.0 Å². The van der Waals surface area contributed by atoms with Crippen molar-refractivity contribution in [3.8, 4) is 34.3 Å². The van der Waals surface area contributed by atoms with Crippen LogP contribution in [0.5, 0.6) is 11.5 Å². The van der Waals surface area contributed by atoms with Crippen molar-refractivity contribution in [3.63, 3.8) is 0 Å². The second-order valence-corrected chi connectivity index (χ2v) is 6.03. The van der Waals surface area contributed by atoms with Crippen molar-refractivity contribution in [1.29, 1.82) is 0 Å². The molecule has 8 heteroatoms. The third-order valence-corrected chi connectivity index (χ3v) is 4.45. The Morgan fingerprint density at radius 2 is 1.89 bits per heavy atom. The SMILES string of the molecule is COc1cc(F)c(-c2nccc(-c3cc4c([nH]3)CCNC4=O)n2)cc1OC. The molecule has 3 heterocycles. The number of methoxy groups -OCH3 is 2. The zero-order chi connectivity index (χ0) is 19.0. The molecule has 138 valence electrons. The summed E-state index contributed by atoms with van der Waals surface area (Å²) in [4.78, 5) is 23.8. The first kappa shape index (κ1) is 17.0. The summed E-state index contributed by atoms with van der Waals surface area (Å²) in [7, 11) is 2.92. The number of fused-ring (bicyclic) bond motifs is 1. The van der Waals surface area contributed by atoms with Crippen LogP contribution in [-0.4, -0.2) is 41.6 Å². The summed E-state index contributed by atoms with van der Waals surface area (Å²) in [5.74, 6) is 0.254. The number of amides is 1. The van der Waals surface area contributed by atoms with E-state index in [1.807, 2.05) is 0 Å². The highest BCUT2D eigenvalue weighted by molar-refractivity contribution is 5.97. The zero-order valence-corrected chi connectivity index (χ0v) is 14.8. The predicted octanol–water partition coefficient (Wildman–Crippen LogP) is 2.58. The van der Waals surface area contributed by atoms with Gasteiger partial charge in [0.2, 0.25) is 0 Å². The number of carbonyl (C=O) groups is 1. The number of carbonyl (C=O) groups excluding carboxylic acids is 1. The van der Waals surface area contributed by atoms with Crippen molar-refractivity contribution in [2.75, 3.05) is 20.8 Å². The molecule has 2 aromatic heterocycles. The molecule has 27 heavy (non-hydrogen) atoms. The first-order valence-corrected chi connectivity index (χ1v) is 8.36. The van der Waals surface area contributed by atoms with Crippen molar-refractivity contribution >= 4 is 5.91 Å². The molecule has 0 atom stereocenters. The average Bonchev–Trinajstić information content (AvgIpc) is 3.13. The van der Waals surface area contributed by atoms with Gasteiger partial charge in [0.25, 0.3) is 5.91 Å². The Morgan fingerprint density at radius 3 is 2.63 bits per heavy atom. The Morgan fingerprint density at radius 1 is 1.11 bits per heavy atom. The Balaban J connectivity index is 1.77. The van der Waals surface area contributed by atoms with Crippen LogP contribution in [0.15, 0.2) is 30.5 Å². The molecule has 1 aliphatic rings. The molecular weight excluding hydrogens is 351 g/mol. The number of nitrogens with zero attached hydrogens (tertiary/aromatic N) is 2. The molecule has 7 nitrogen and oxygen atoms in total. The first-order valence-electron chi connectivity index (χ1n) is 8.36. The first-order chi connectivity index (χ1) is 13.1. The number of rotatable bonds is 4. The van der Waals surface area contributed by atoms with Crippen LogP contribution < -0.4 is 14.8 Å². The molecule has 3 aromatic rings. The highest BCUT2D eigenvalue weighted by Gasteiger charge is 2.21. The topological polar surface area (TPSA) is 89.1 Å². The number of nitrogens with one attached hydrogen (secondary N) is 2. The van der Waals surface area contributed by atoms with Gasteiger partial charge in [-0.3, -0.25) is 4.79 Å².